The van der Waals surface area contributed by atoms with Crippen LogP contribution in [0.1, 0.15) is 168 Å². The Bertz CT molecular complexity index is 1600. The maximum Gasteiger partial charge on any atom is 0.472 e. The van der Waals surface area contributed by atoms with Gasteiger partial charge < -0.3 is 20.1 Å². The van der Waals surface area contributed by atoms with Crippen LogP contribution in [0.3, 0.4) is 0 Å². The zero-order valence-electron chi connectivity index (χ0n) is 41.6. The summed E-state index contributed by atoms with van der Waals surface area (Å²) in [6, 6.07) is 0. The molecule has 0 aromatic heterocycles. The van der Waals surface area contributed by atoms with Crippen LogP contribution in [0.4, 0.5) is 0 Å². The molecular formula is C57H90NO8P. The van der Waals surface area contributed by atoms with E-state index in [9.17, 15) is 19.0 Å². The lowest BCUT2D eigenvalue weighted by Crippen LogP contribution is -2.29. The number of phosphoric ester groups is 1. The van der Waals surface area contributed by atoms with E-state index >= 15 is 0 Å². The second-order valence-electron chi connectivity index (χ2n) is 15.9. The molecule has 0 radical (unpaired) electrons. The van der Waals surface area contributed by atoms with Gasteiger partial charge in [0.1, 0.15) is 6.61 Å². The molecule has 0 aliphatic heterocycles. The van der Waals surface area contributed by atoms with Gasteiger partial charge in [0.2, 0.25) is 0 Å². The molecule has 10 heteroatoms. The molecule has 0 saturated heterocycles. The molecule has 0 heterocycles. The van der Waals surface area contributed by atoms with Crippen LogP contribution in [0, 0.1) is 0 Å². The van der Waals surface area contributed by atoms with E-state index in [1.54, 1.807) is 0 Å². The number of ether oxygens (including phenoxy) is 2. The number of allylic oxidation sites excluding steroid dienone is 24. The second kappa shape index (κ2) is 51.3. The number of esters is 2. The van der Waals surface area contributed by atoms with Gasteiger partial charge in [0.25, 0.3) is 0 Å². The van der Waals surface area contributed by atoms with Gasteiger partial charge in [-0.25, -0.2) is 4.57 Å². The molecule has 0 bridgehead atoms. The third-order valence-electron chi connectivity index (χ3n) is 9.72. The minimum atomic E-state index is -4.41. The van der Waals surface area contributed by atoms with Gasteiger partial charge in [0, 0.05) is 19.4 Å². The smallest absolute Gasteiger partial charge is 0.462 e. The maximum absolute atomic E-state index is 12.7. The van der Waals surface area contributed by atoms with Crippen molar-refractivity contribution in [2.75, 3.05) is 26.4 Å². The summed E-state index contributed by atoms with van der Waals surface area (Å²) in [6.07, 6.45) is 73.1. The highest BCUT2D eigenvalue weighted by Crippen LogP contribution is 2.43. The Morgan fingerprint density at radius 3 is 1.13 bits per heavy atom. The summed E-state index contributed by atoms with van der Waals surface area (Å²) in [7, 11) is -4.41. The summed E-state index contributed by atoms with van der Waals surface area (Å²) in [5.41, 5.74) is 5.36. The Hall–Kier alpha value is -4.11. The zero-order valence-corrected chi connectivity index (χ0v) is 42.5. The largest absolute Gasteiger partial charge is 0.472 e. The summed E-state index contributed by atoms with van der Waals surface area (Å²) >= 11 is 0. The van der Waals surface area contributed by atoms with Crippen molar-refractivity contribution < 1.29 is 37.6 Å². The van der Waals surface area contributed by atoms with Gasteiger partial charge in [-0.05, 0) is 116 Å². The van der Waals surface area contributed by atoms with Gasteiger partial charge in [0.05, 0.1) is 13.2 Å². The van der Waals surface area contributed by atoms with E-state index in [1.807, 2.05) is 0 Å². The number of carbonyl (C=O) groups is 2. The summed E-state index contributed by atoms with van der Waals surface area (Å²) < 4.78 is 32.9. The molecule has 0 saturated carbocycles. The van der Waals surface area contributed by atoms with Gasteiger partial charge in [-0.15, -0.1) is 0 Å². The summed E-state index contributed by atoms with van der Waals surface area (Å²) in [4.78, 5) is 35.0. The number of phosphoric acid groups is 1. The minimum Gasteiger partial charge on any atom is -0.462 e. The molecular weight excluding hydrogens is 858 g/mol. The van der Waals surface area contributed by atoms with Crippen molar-refractivity contribution in [3.63, 3.8) is 0 Å². The van der Waals surface area contributed by atoms with Crippen LogP contribution in [0.15, 0.2) is 146 Å². The summed E-state index contributed by atoms with van der Waals surface area (Å²) in [5, 5.41) is 0. The lowest BCUT2D eigenvalue weighted by atomic mass is 10.1. The van der Waals surface area contributed by atoms with Crippen molar-refractivity contribution in [3.05, 3.63) is 146 Å². The Morgan fingerprint density at radius 1 is 0.448 bits per heavy atom. The average Bonchev–Trinajstić information content (AvgIpc) is 3.32. The van der Waals surface area contributed by atoms with Crippen LogP contribution in [0.25, 0.3) is 0 Å². The van der Waals surface area contributed by atoms with Crippen molar-refractivity contribution in [2.45, 2.75) is 174 Å². The predicted octanol–water partition coefficient (Wildman–Crippen LogP) is 15.6. The Kier molecular flexibility index (Phi) is 48.1. The second-order valence-corrected chi connectivity index (χ2v) is 17.4. The molecule has 0 aromatic carbocycles. The highest BCUT2D eigenvalue weighted by Gasteiger charge is 2.26. The first kappa shape index (κ1) is 62.9. The molecule has 9 nitrogen and oxygen atoms in total. The first-order valence-corrected chi connectivity index (χ1v) is 26.8. The molecule has 0 aliphatic rings. The van der Waals surface area contributed by atoms with Gasteiger partial charge in [-0.1, -0.05) is 185 Å². The van der Waals surface area contributed by atoms with Crippen molar-refractivity contribution in [2.24, 2.45) is 5.73 Å². The molecule has 67 heavy (non-hydrogen) atoms. The Morgan fingerprint density at radius 2 is 0.776 bits per heavy atom. The third kappa shape index (κ3) is 51.1. The number of carbonyl (C=O) groups excluding carboxylic acids is 2. The molecule has 2 unspecified atom stereocenters. The number of unbranched alkanes of at least 4 members (excludes halogenated alkanes) is 8. The number of rotatable bonds is 45. The standard InChI is InChI=1S/C57H90NO8P/c1-3-5-7-9-11-13-15-17-19-21-22-23-24-25-26-27-28-29-30-31-32-34-36-38-40-42-44-46-48-50-57(60)66-55(54-65-67(61,62)64-52-51-58)53-63-56(59)49-47-45-43-41-39-37-35-33-20-18-16-14-12-10-8-6-4-2/h5-8,11-14,17-20,22-23,25-26,28-29,31-32,35-38,55H,3-4,9-10,15-16,21,24,27,30,33-34,39-54,58H2,1-2H3,(H,61,62)/b7-5-,8-6-,13-11-,14-12-,19-17-,20-18-,23-22-,26-25-,29-28-,32-31-,37-35-,38-36-. The van der Waals surface area contributed by atoms with E-state index < -0.39 is 32.5 Å². The van der Waals surface area contributed by atoms with E-state index in [4.69, 9.17) is 24.3 Å². The normalized spacial score (nSPS) is 14.4. The predicted molar refractivity (Wildman–Crippen MR) is 283 cm³/mol. The summed E-state index contributed by atoms with van der Waals surface area (Å²) in [5.74, 6) is -0.901. The fourth-order valence-corrected chi connectivity index (χ4v) is 6.82. The van der Waals surface area contributed by atoms with E-state index in [0.717, 1.165) is 128 Å². The monoisotopic (exact) mass is 948 g/mol. The maximum atomic E-state index is 12.7. The van der Waals surface area contributed by atoms with Gasteiger partial charge in [-0.2, -0.15) is 0 Å². The minimum absolute atomic E-state index is 0.0360. The molecule has 0 fully saturated rings. The van der Waals surface area contributed by atoms with Crippen LogP contribution < -0.4 is 5.73 Å². The van der Waals surface area contributed by atoms with E-state index in [-0.39, 0.29) is 32.6 Å². The fraction of sp³-hybridized carbons (Fsp3) is 0.544. The van der Waals surface area contributed by atoms with E-state index in [1.165, 1.54) is 0 Å². The summed E-state index contributed by atoms with van der Waals surface area (Å²) in [6.45, 7) is 3.42. The number of nitrogens with two attached hydrogens (primary N) is 1. The van der Waals surface area contributed by atoms with Gasteiger partial charge in [-0.3, -0.25) is 18.6 Å². The molecule has 0 amide bonds. The molecule has 3 N–H and O–H groups in total. The molecule has 0 spiro atoms. The fourth-order valence-electron chi connectivity index (χ4n) is 6.05. The van der Waals surface area contributed by atoms with Crippen molar-refractivity contribution in [3.8, 4) is 0 Å². The van der Waals surface area contributed by atoms with Crippen LogP contribution in [0.2, 0.25) is 0 Å². The van der Waals surface area contributed by atoms with E-state index in [0.29, 0.717) is 12.8 Å². The SMILES string of the molecule is CC/C=C\C/C=C\C/C=C\C/C=C\C/C=C\C/C=C\C/C=C\C/C=C\CCCCCCC(=O)OC(COC(=O)CCCCCC/C=C\C/C=C\C/C=C\C/C=C\CC)COP(=O)(O)OCCN. The molecule has 2 atom stereocenters. The third-order valence-corrected chi connectivity index (χ3v) is 10.7. The first-order chi connectivity index (χ1) is 32.8. The zero-order chi connectivity index (χ0) is 48.8. The van der Waals surface area contributed by atoms with Crippen LogP contribution in [-0.2, 0) is 32.7 Å². The molecule has 376 valence electrons. The molecule has 0 aliphatic carbocycles. The van der Waals surface area contributed by atoms with Gasteiger partial charge in [0.15, 0.2) is 6.10 Å². The lowest BCUT2D eigenvalue weighted by molar-refractivity contribution is -0.161. The number of hydrogen-bond donors (Lipinski definition) is 2. The van der Waals surface area contributed by atoms with Crippen LogP contribution in [-0.4, -0.2) is 49.3 Å². The molecule has 0 rings (SSSR count). The lowest BCUT2D eigenvalue weighted by Gasteiger charge is -2.19. The van der Waals surface area contributed by atoms with E-state index in [2.05, 4.69) is 160 Å². The van der Waals surface area contributed by atoms with Gasteiger partial charge >= 0.3 is 19.8 Å². The van der Waals surface area contributed by atoms with Crippen LogP contribution >= 0.6 is 7.82 Å². The average molecular weight is 948 g/mol. The van der Waals surface area contributed by atoms with Crippen molar-refractivity contribution in [1.29, 1.82) is 0 Å². The topological polar surface area (TPSA) is 134 Å². The van der Waals surface area contributed by atoms with Crippen molar-refractivity contribution in [1.82, 2.24) is 0 Å². The highest BCUT2D eigenvalue weighted by atomic mass is 31.2. The highest BCUT2D eigenvalue weighted by molar-refractivity contribution is 7.47. The van der Waals surface area contributed by atoms with Crippen LogP contribution in [0.5, 0.6) is 0 Å². The quantitative estimate of drug-likeness (QED) is 0.0265. The number of hydrogen-bond acceptors (Lipinski definition) is 8. The molecule has 0 aromatic rings. The van der Waals surface area contributed by atoms with Crippen molar-refractivity contribution >= 4 is 19.8 Å². The Balaban J connectivity index is 4.20. The first-order valence-electron chi connectivity index (χ1n) is 25.3. The Labute approximate surface area is 407 Å².